The minimum atomic E-state index is -3.90. The molecule has 0 saturated heterocycles. The lowest BCUT2D eigenvalue weighted by Crippen LogP contribution is -2.48. The van der Waals surface area contributed by atoms with Crippen LogP contribution in [0.3, 0.4) is 0 Å². The molecule has 0 heterocycles. The van der Waals surface area contributed by atoms with Crippen molar-refractivity contribution >= 4 is 11.9 Å². The van der Waals surface area contributed by atoms with Gasteiger partial charge in [0.1, 0.15) is 0 Å². The van der Waals surface area contributed by atoms with Crippen LogP contribution in [0.1, 0.15) is 36.7 Å². The maximum absolute atomic E-state index is 14.1. The van der Waals surface area contributed by atoms with E-state index >= 15 is 0 Å². The predicted molar refractivity (Wildman–Crippen MR) is 76.8 cm³/mol. The van der Waals surface area contributed by atoms with Crippen LogP contribution >= 0.6 is 0 Å². The molecule has 0 bridgehead atoms. The Labute approximate surface area is 128 Å². The number of alkyl halides is 2. The first-order valence-corrected chi connectivity index (χ1v) is 7.02. The molecule has 1 aromatic rings. The molecule has 1 unspecified atom stereocenters. The molecular formula is C16H20F2O4. The molecule has 0 spiro atoms. The van der Waals surface area contributed by atoms with Gasteiger partial charge in [0, 0.05) is 0 Å². The molecule has 4 nitrogen and oxygen atoms in total. The molecule has 1 aromatic carbocycles. The van der Waals surface area contributed by atoms with Gasteiger partial charge in [-0.1, -0.05) is 31.5 Å². The van der Waals surface area contributed by atoms with Gasteiger partial charge in [0.15, 0.2) is 6.10 Å². The number of aryl methyl sites for hydroxylation is 1. The molecule has 0 fully saturated rings. The van der Waals surface area contributed by atoms with E-state index in [0.29, 0.717) is 0 Å². The lowest BCUT2D eigenvalue weighted by Gasteiger charge is -2.27. The van der Waals surface area contributed by atoms with Crippen LogP contribution in [0.5, 0.6) is 0 Å². The van der Waals surface area contributed by atoms with Gasteiger partial charge in [-0.25, -0.2) is 9.59 Å². The molecule has 0 aromatic heterocycles. The number of carbonyl (C=O) groups excluding carboxylic acids is 2. The topological polar surface area (TPSA) is 52.6 Å². The number of benzene rings is 1. The molecule has 0 radical (unpaired) electrons. The fourth-order valence-corrected chi connectivity index (χ4v) is 1.85. The lowest BCUT2D eigenvalue weighted by molar-refractivity contribution is -0.192. The summed E-state index contributed by atoms with van der Waals surface area (Å²) < 4.78 is 37.5. The summed E-state index contributed by atoms with van der Waals surface area (Å²) in [5.41, 5.74) is 1.07. The third kappa shape index (κ3) is 4.26. The zero-order valence-corrected chi connectivity index (χ0v) is 13.1. The predicted octanol–water partition coefficient (Wildman–Crippen LogP) is 3.37. The SMILES string of the molecule is CCOC(=O)C(F)(F)C(OC(=O)c1ccc(C)cc1)C(C)C. The number of halogens is 2. The second kappa shape index (κ2) is 7.33. The van der Waals surface area contributed by atoms with E-state index < -0.39 is 29.9 Å². The van der Waals surface area contributed by atoms with Crippen molar-refractivity contribution in [2.24, 2.45) is 5.92 Å². The van der Waals surface area contributed by atoms with Gasteiger partial charge in [-0.05, 0) is 31.9 Å². The summed E-state index contributed by atoms with van der Waals surface area (Å²) in [4.78, 5) is 23.4. The van der Waals surface area contributed by atoms with Gasteiger partial charge in [0.2, 0.25) is 0 Å². The fraction of sp³-hybridized carbons (Fsp3) is 0.500. The van der Waals surface area contributed by atoms with E-state index in [1.807, 2.05) is 6.92 Å². The van der Waals surface area contributed by atoms with Crippen molar-refractivity contribution in [2.75, 3.05) is 6.61 Å². The molecule has 0 aliphatic heterocycles. The van der Waals surface area contributed by atoms with Crippen LogP contribution in [0, 0.1) is 12.8 Å². The molecule has 0 aliphatic rings. The van der Waals surface area contributed by atoms with Crippen LogP contribution in [-0.2, 0) is 14.3 Å². The van der Waals surface area contributed by atoms with Gasteiger partial charge in [0.05, 0.1) is 12.2 Å². The summed E-state index contributed by atoms with van der Waals surface area (Å²) in [5.74, 6) is -7.24. The van der Waals surface area contributed by atoms with E-state index in [1.54, 1.807) is 12.1 Å². The smallest absolute Gasteiger partial charge is 0.381 e. The maximum atomic E-state index is 14.1. The van der Waals surface area contributed by atoms with Crippen LogP contribution < -0.4 is 0 Å². The maximum Gasteiger partial charge on any atom is 0.381 e. The standard InChI is InChI=1S/C16H20F2O4/c1-5-21-15(20)16(17,18)13(10(2)3)22-14(19)12-8-6-11(4)7-9-12/h6-10,13H,5H2,1-4H3. The first kappa shape index (κ1) is 18.1. The molecule has 22 heavy (non-hydrogen) atoms. The van der Waals surface area contributed by atoms with Crippen LogP contribution in [0.15, 0.2) is 24.3 Å². The van der Waals surface area contributed by atoms with Crippen molar-refractivity contribution in [1.82, 2.24) is 0 Å². The Kier molecular flexibility index (Phi) is 6.02. The number of ether oxygens (including phenoxy) is 2. The van der Waals surface area contributed by atoms with E-state index in [-0.39, 0.29) is 12.2 Å². The Morgan fingerprint density at radius 2 is 1.73 bits per heavy atom. The van der Waals surface area contributed by atoms with Crippen molar-refractivity contribution in [3.05, 3.63) is 35.4 Å². The van der Waals surface area contributed by atoms with E-state index in [0.717, 1.165) is 5.56 Å². The van der Waals surface area contributed by atoms with Crippen LogP contribution in [0.2, 0.25) is 0 Å². The average Bonchev–Trinajstić information content (AvgIpc) is 2.44. The highest BCUT2D eigenvalue weighted by atomic mass is 19.3. The summed E-state index contributed by atoms with van der Waals surface area (Å²) in [6.45, 7) is 5.98. The first-order valence-electron chi connectivity index (χ1n) is 7.02. The minimum Gasteiger partial charge on any atom is -0.461 e. The molecule has 1 atom stereocenters. The van der Waals surface area contributed by atoms with Crippen molar-refractivity contribution in [3.63, 3.8) is 0 Å². The Balaban J connectivity index is 2.94. The highest BCUT2D eigenvalue weighted by Gasteiger charge is 2.52. The Hall–Kier alpha value is -1.98. The van der Waals surface area contributed by atoms with Crippen LogP contribution in [0.25, 0.3) is 0 Å². The van der Waals surface area contributed by atoms with Gasteiger partial charge >= 0.3 is 17.9 Å². The number of esters is 2. The third-order valence-corrected chi connectivity index (χ3v) is 3.03. The van der Waals surface area contributed by atoms with Gasteiger partial charge in [0.25, 0.3) is 0 Å². The number of rotatable bonds is 6. The Morgan fingerprint density at radius 3 is 2.18 bits per heavy atom. The van der Waals surface area contributed by atoms with Crippen LogP contribution in [-0.4, -0.2) is 30.6 Å². The number of carbonyl (C=O) groups is 2. The summed E-state index contributed by atoms with van der Waals surface area (Å²) >= 11 is 0. The highest BCUT2D eigenvalue weighted by molar-refractivity contribution is 5.90. The largest absolute Gasteiger partial charge is 0.461 e. The van der Waals surface area contributed by atoms with E-state index in [2.05, 4.69) is 4.74 Å². The summed E-state index contributed by atoms with van der Waals surface area (Å²) in [7, 11) is 0. The zero-order valence-electron chi connectivity index (χ0n) is 13.1. The normalized spacial score (nSPS) is 12.9. The molecule has 0 amide bonds. The van der Waals surface area contributed by atoms with E-state index in [1.165, 1.54) is 32.9 Å². The second-order valence-corrected chi connectivity index (χ2v) is 5.28. The Morgan fingerprint density at radius 1 is 1.18 bits per heavy atom. The molecular weight excluding hydrogens is 294 g/mol. The van der Waals surface area contributed by atoms with E-state index in [9.17, 15) is 18.4 Å². The van der Waals surface area contributed by atoms with Crippen LogP contribution in [0.4, 0.5) is 8.78 Å². The summed E-state index contributed by atoms with van der Waals surface area (Å²) in [6.07, 6.45) is -1.89. The van der Waals surface area contributed by atoms with Crippen molar-refractivity contribution < 1.29 is 27.8 Å². The Bertz CT molecular complexity index is 523. The third-order valence-electron chi connectivity index (χ3n) is 3.03. The number of hydrogen-bond donors (Lipinski definition) is 0. The zero-order chi connectivity index (χ0) is 16.9. The molecule has 0 saturated carbocycles. The molecule has 6 heteroatoms. The van der Waals surface area contributed by atoms with Crippen molar-refractivity contribution in [1.29, 1.82) is 0 Å². The minimum absolute atomic E-state index is 0.149. The van der Waals surface area contributed by atoms with Gasteiger partial charge in [-0.3, -0.25) is 0 Å². The number of hydrogen-bond acceptors (Lipinski definition) is 4. The van der Waals surface area contributed by atoms with Crippen molar-refractivity contribution in [3.8, 4) is 0 Å². The second-order valence-electron chi connectivity index (χ2n) is 5.28. The van der Waals surface area contributed by atoms with Gasteiger partial charge < -0.3 is 9.47 Å². The monoisotopic (exact) mass is 314 g/mol. The first-order chi connectivity index (χ1) is 10.2. The van der Waals surface area contributed by atoms with Gasteiger partial charge in [-0.15, -0.1) is 0 Å². The molecule has 0 aliphatic carbocycles. The summed E-state index contributed by atoms with van der Waals surface area (Å²) in [5, 5.41) is 0. The molecule has 122 valence electrons. The van der Waals surface area contributed by atoms with Gasteiger partial charge in [-0.2, -0.15) is 8.78 Å². The van der Waals surface area contributed by atoms with E-state index in [4.69, 9.17) is 4.74 Å². The molecule has 0 N–H and O–H groups in total. The highest BCUT2D eigenvalue weighted by Crippen LogP contribution is 2.29. The molecule has 1 rings (SSSR count). The quantitative estimate of drug-likeness (QED) is 0.755. The average molecular weight is 314 g/mol. The lowest BCUT2D eigenvalue weighted by atomic mass is 10.0. The van der Waals surface area contributed by atoms with Crippen molar-refractivity contribution in [2.45, 2.75) is 39.7 Å². The summed E-state index contributed by atoms with van der Waals surface area (Å²) in [6, 6.07) is 6.31. The fourth-order valence-electron chi connectivity index (χ4n) is 1.85.